The fourth-order valence-corrected chi connectivity index (χ4v) is 6.79. The number of carbonyl (C=O) groups excluding carboxylic acids is 1. The number of fused-ring (bicyclic) bond motifs is 3. The summed E-state index contributed by atoms with van der Waals surface area (Å²) >= 11 is 6.54. The summed E-state index contributed by atoms with van der Waals surface area (Å²) in [7, 11) is 0. The summed E-state index contributed by atoms with van der Waals surface area (Å²) in [6.45, 7) is 11.5. The number of ether oxygens (including phenoxy) is 1. The molecule has 6 rings (SSSR count). The zero-order chi connectivity index (χ0) is 31.9. The standard InChI is InChI=1S/C38H44ClN5O2/c1-3-42(26-28-11-6-5-7-12-28)20-10-19-40-37(45)30-24-34(39)38(41-25-30)46-31-17-21-43(22-18-31)27-29-15-16-36-33(23-29)32-13-8-9-14-35(32)44(36)4-2/h5-9,11-16,23-25,31H,3-4,10,17-22,26-27H2,1-2H3,(H,40,45). The molecule has 240 valence electrons. The molecule has 0 unspecified atom stereocenters. The number of nitrogens with zero attached hydrogens (tertiary/aromatic N) is 4. The van der Waals surface area contributed by atoms with Gasteiger partial charge < -0.3 is 14.6 Å². The molecule has 1 N–H and O–H groups in total. The third-order valence-electron chi connectivity index (χ3n) is 9.07. The molecule has 0 radical (unpaired) electrons. The maximum absolute atomic E-state index is 12.8. The third-order valence-corrected chi connectivity index (χ3v) is 9.35. The highest BCUT2D eigenvalue weighted by Gasteiger charge is 2.23. The van der Waals surface area contributed by atoms with Crippen molar-refractivity contribution in [3.63, 3.8) is 0 Å². The Bertz CT molecular complexity index is 1760. The first-order valence-electron chi connectivity index (χ1n) is 16.6. The first kappa shape index (κ1) is 32.0. The van der Waals surface area contributed by atoms with Crippen LogP contribution in [0.2, 0.25) is 5.02 Å². The molecule has 1 amide bonds. The van der Waals surface area contributed by atoms with E-state index >= 15 is 0 Å². The predicted octanol–water partition coefficient (Wildman–Crippen LogP) is 7.55. The van der Waals surface area contributed by atoms with Crippen LogP contribution in [-0.2, 0) is 19.6 Å². The van der Waals surface area contributed by atoms with Gasteiger partial charge in [0.1, 0.15) is 11.1 Å². The second-order valence-corrected chi connectivity index (χ2v) is 12.6. The van der Waals surface area contributed by atoms with E-state index in [-0.39, 0.29) is 12.0 Å². The number of nitrogens with one attached hydrogen (secondary N) is 1. The van der Waals surface area contributed by atoms with Gasteiger partial charge in [0.25, 0.3) is 5.91 Å². The van der Waals surface area contributed by atoms with Gasteiger partial charge in [-0.2, -0.15) is 0 Å². The van der Waals surface area contributed by atoms with E-state index in [1.165, 1.54) is 32.9 Å². The molecule has 46 heavy (non-hydrogen) atoms. The first-order valence-corrected chi connectivity index (χ1v) is 17.0. The fourth-order valence-electron chi connectivity index (χ4n) is 6.57. The number of carbonyl (C=O) groups is 1. The van der Waals surface area contributed by atoms with E-state index in [0.717, 1.165) is 65.1 Å². The lowest BCUT2D eigenvalue weighted by Gasteiger charge is -2.32. The zero-order valence-corrected chi connectivity index (χ0v) is 27.7. The maximum atomic E-state index is 12.8. The van der Waals surface area contributed by atoms with E-state index < -0.39 is 0 Å². The van der Waals surface area contributed by atoms with E-state index in [2.05, 4.69) is 105 Å². The smallest absolute Gasteiger partial charge is 0.252 e. The highest BCUT2D eigenvalue weighted by atomic mass is 35.5. The van der Waals surface area contributed by atoms with Crippen molar-refractivity contribution in [2.24, 2.45) is 0 Å². The summed E-state index contributed by atoms with van der Waals surface area (Å²) in [5.41, 5.74) is 5.67. The van der Waals surface area contributed by atoms with Gasteiger partial charge in [0.2, 0.25) is 5.88 Å². The van der Waals surface area contributed by atoms with Gasteiger partial charge in [0, 0.05) is 73.8 Å². The number of hydrogen-bond donors (Lipinski definition) is 1. The minimum absolute atomic E-state index is 0.0448. The molecule has 0 atom stereocenters. The number of hydrogen-bond acceptors (Lipinski definition) is 5. The molecular weight excluding hydrogens is 594 g/mol. The van der Waals surface area contributed by atoms with Crippen LogP contribution in [0.4, 0.5) is 0 Å². The van der Waals surface area contributed by atoms with Crippen LogP contribution >= 0.6 is 11.6 Å². The molecule has 1 aliphatic rings. The molecule has 7 nitrogen and oxygen atoms in total. The summed E-state index contributed by atoms with van der Waals surface area (Å²) in [5, 5.41) is 6.02. The quantitative estimate of drug-likeness (QED) is 0.135. The molecule has 1 aliphatic heterocycles. The normalized spacial score (nSPS) is 14.3. The minimum atomic E-state index is -0.169. The first-order chi connectivity index (χ1) is 22.5. The van der Waals surface area contributed by atoms with E-state index in [9.17, 15) is 4.79 Å². The van der Waals surface area contributed by atoms with E-state index in [1.807, 2.05) is 6.07 Å². The largest absolute Gasteiger partial charge is 0.473 e. The average molecular weight is 638 g/mol. The Balaban J connectivity index is 0.960. The minimum Gasteiger partial charge on any atom is -0.473 e. The highest BCUT2D eigenvalue weighted by molar-refractivity contribution is 6.32. The molecule has 2 aromatic heterocycles. The van der Waals surface area contributed by atoms with Gasteiger partial charge in [-0.1, -0.05) is 73.1 Å². The van der Waals surface area contributed by atoms with Gasteiger partial charge in [-0.15, -0.1) is 0 Å². The Morgan fingerprint density at radius 3 is 2.48 bits per heavy atom. The number of aryl methyl sites for hydroxylation is 1. The van der Waals surface area contributed by atoms with Crippen LogP contribution in [0.5, 0.6) is 5.88 Å². The van der Waals surface area contributed by atoms with Crippen LogP contribution in [0.25, 0.3) is 21.8 Å². The second kappa shape index (κ2) is 15.1. The average Bonchev–Trinajstić information content (AvgIpc) is 3.41. The predicted molar refractivity (Wildman–Crippen MR) is 188 cm³/mol. The molecular formula is C38H44ClN5O2. The van der Waals surface area contributed by atoms with Gasteiger partial charge in [-0.25, -0.2) is 4.98 Å². The lowest BCUT2D eigenvalue weighted by atomic mass is 10.1. The number of rotatable bonds is 13. The molecule has 3 heterocycles. The maximum Gasteiger partial charge on any atom is 0.252 e. The molecule has 0 aliphatic carbocycles. The molecule has 0 saturated carbocycles. The highest BCUT2D eigenvalue weighted by Crippen LogP contribution is 2.31. The van der Waals surface area contributed by atoms with Crippen molar-refractivity contribution in [2.45, 2.75) is 58.8 Å². The lowest BCUT2D eigenvalue weighted by Crippen LogP contribution is -2.38. The summed E-state index contributed by atoms with van der Waals surface area (Å²) in [4.78, 5) is 22.1. The zero-order valence-electron chi connectivity index (χ0n) is 26.9. The van der Waals surface area contributed by atoms with Crippen molar-refractivity contribution in [2.75, 3.05) is 32.7 Å². The van der Waals surface area contributed by atoms with Crippen LogP contribution < -0.4 is 10.1 Å². The van der Waals surface area contributed by atoms with Gasteiger partial charge in [-0.05, 0) is 68.1 Å². The Morgan fingerprint density at radius 2 is 1.72 bits per heavy atom. The van der Waals surface area contributed by atoms with Crippen LogP contribution in [0.15, 0.2) is 85.1 Å². The fraction of sp³-hybridized carbons (Fsp3) is 0.368. The number of benzene rings is 3. The number of amides is 1. The van der Waals surface area contributed by atoms with Gasteiger partial charge in [0.05, 0.1) is 5.56 Å². The molecule has 1 fully saturated rings. The molecule has 3 aromatic carbocycles. The summed E-state index contributed by atoms with van der Waals surface area (Å²) in [5.74, 6) is 0.228. The topological polar surface area (TPSA) is 62.6 Å². The number of pyridine rings is 1. The van der Waals surface area contributed by atoms with Crippen molar-refractivity contribution in [3.05, 3.63) is 107 Å². The Morgan fingerprint density at radius 1 is 0.957 bits per heavy atom. The number of aromatic nitrogens is 2. The third kappa shape index (κ3) is 7.55. The second-order valence-electron chi connectivity index (χ2n) is 12.2. The number of piperidine rings is 1. The summed E-state index contributed by atoms with van der Waals surface area (Å²) in [6, 6.07) is 27.7. The monoisotopic (exact) mass is 637 g/mol. The van der Waals surface area contributed by atoms with E-state index in [0.29, 0.717) is 23.0 Å². The Hall–Kier alpha value is -3.91. The molecule has 1 saturated heterocycles. The lowest BCUT2D eigenvalue weighted by molar-refractivity contribution is 0.0928. The molecule has 0 bridgehead atoms. The van der Waals surface area contributed by atoms with Crippen LogP contribution in [0.1, 0.15) is 54.6 Å². The SMILES string of the molecule is CCN(CCCNC(=O)c1cnc(OC2CCN(Cc3ccc4c(c3)c3ccccc3n4CC)CC2)c(Cl)c1)Cc1ccccc1. The van der Waals surface area contributed by atoms with Crippen LogP contribution in [0.3, 0.4) is 0 Å². The van der Waals surface area contributed by atoms with Crippen molar-refractivity contribution in [3.8, 4) is 5.88 Å². The number of likely N-dealkylation sites (tertiary alicyclic amines) is 1. The molecule has 8 heteroatoms. The van der Waals surface area contributed by atoms with Crippen molar-refractivity contribution >= 4 is 39.3 Å². The Labute approximate surface area is 277 Å². The van der Waals surface area contributed by atoms with E-state index in [4.69, 9.17) is 16.3 Å². The Kier molecular flexibility index (Phi) is 10.5. The molecule has 5 aromatic rings. The van der Waals surface area contributed by atoms with Crippen LogP contribution in [0, 0.1) is 0 Å². The molecule has 0 spiro atoms. The number of para-hydroxylation sites is 1. The summed E-state index contributed by atoms with van der Waals surface area (Å²) < 4.78 is 8.61. The van der Waals surface area contributed by atoms with Crippen molar-refractivity contribution < 1.29 is 9.53 Å². The number of halogens is 1. The summed E-state index contributed by atoms with van der Waals surface area (Å²) in [6.07, 6.45) is 4.27. The van der Waals surface area contributed by atoms with Crippen LogP contribution in [-0.4, -0.2) is 64.1 Å². The van der Waals surface area contributed by atoms with E-state index in [1.54, 1.807) is 12.3 Å². The van der Waals surface area contributed by atoms with Gasteiger partial charge in [-0.3, -0.25) is 14.6 Å². The van der Waals surface area contributed by atoms with Crippen molar-refractivity contribution in [1.29, 1.82) is 0 Å². The van der Waals surface area contributed by atoms with Gasteiger partial charge in [0.15, 0.2) is 0 Å². The van der Waals surface area contributed by atoms with Crippen molar-refractivity contribution in [1.82, 2.24) is 24.7 Å². The van der Waals surface area contributed by atoms with Gasteiger partial charge >= 0.3 is 0 Å².